The van der Waals surface area contributed by atoms with E-state index in [1.54, 1.807) is 7.05 Å². The monoisotopic (exact) mass is 291 g/mol. The van der Waals surface area contributed by atoms with Gasteiger partial charge in [-0.05, 0) is 35.1 Å². The predicted octanol–water partition coefficient (Wildman–Crippen LogP) is 2.46. The van der Waals surface area contributed by atoms with Crippen LogP contribution in [0.5, 0.6) is 0 Å². The minimum Gasteiger partial charge on any atom is -0.285 e. The van der Waals surface area contributed by atoms with Crippen molar-refractivity contribution < 1.29 is 9.59 Å². The third-order valence-electron chi connectivity index (χ3n) is 5.08. The molecule has 110 valence electrons. The molecule has 1 aliphatic heterocycles. The first-order valence-electron chi connectivity index (χ1n) is 7.62. The summed E-state index contributed by atoms with van der Waals surface area (Å²) in [6.45, 7) is 0. The lowest BCUT2D eigenvalue weighted by Crippen LogP contribution is -2.38. The second-order valence-electron chi connectivity index (χ2n) is 6.15. The molecular weight excluding hydrogens is 274 g/mol. The van der Waals surface area contributed by atoms with Crippen LogP contribution in [0.3, 0.4) is 0 Å². The number of hydrogen-bond donors (Lipinski definition) is 0. The van der Waals surface area contributed by atoms with Gasteiger partial charge in [-0.25, -0.2) is 0 Å². The van der Waals surface area contributed by atoms with Crippen molar-refractivity contribution in [3.05, 3.63) is 70.8 Å². The minimum absolute atomic E-state index is 0.0979. The molecule has 0 aromatic heterocycles. The van der Waals surface area contributed by atoms with E-state index >= 15 is 0 Å². The van der Waals surface area contributed by atoms with Gasteiger partial charge in [0.1, 0.15) is 5.41 Å². The molecule has 0 saturated carbocycles. The number of amides is 2. The second-order valence-corrected chi connectivity index (χ2v) is 6.15. The summed E-state index contributed by atoms with van der Waals surface area (Å²) in [6.07, 6.45) is 2.04. The van der Waals surface area contributed by atoms with Crippen molar-refractivity contribution in [2.24, 2.45) is 0 Å². The van der Waals surface area contributed by atoms with E-state index in [1.165, 1.54) is 16.0 Å². The second kappa shape index (κ2) is 4.54. The SMILES string of the molecule is CN1C(=O)CC2(C1=O)c1ccccc1CCc1ccccc12. The Morgan fingerprint density at radius 2 is 1.36 bits per heavy atom. The van der Waals surface area contributed by atoms with Gasteiger partial charge in [0, 0.05) is 13.5 Å². The molecule has 1 fully saturated rings. The van der Waals surface area contributed by atoms with Gasteiger partial charge in [0.15, 0.2) is 0 Å². The molecule has 0 unspecified atom stereocenters. The molecule has 0 bridgehead atoms. The van der Waals surface area contributed by atoms with Crippen molar-refractivity contribution >= 4 is 11.8 Å². The summed E-state index contributed by atoms with van der Waals surface area (Å²) in [7, 11) is 1.59. The van der Waals surface area contributed by atoms with Crippen molar-refractivity contribution in [1.82, 2.24) is 4.90 Å². The van der Waals surface area contributed by atoms with Crippen LogP contribution in [0.25, 0.3) is 0 Å². The van der Waals surface area contributed by atoms with Gasteiger partial charge in [-0.1, -0.05) is 48.5 Å². The zero-order valence-corrected chi connectivity index (χ0v) is 12.5. The van der Waals surface area contributed by atoms with E-state index in [2.05, 4.69) is 12.1 Å². The van der Waals surface area contributed by atoms with Crippen molar-refractivity contribution in [3.8, 4) is 0 Å². The Hall–Kier alpha value is -2.42. The number of rotatable bonds is 0. The lowest BCUT2D eigenvalue weighted by Gasteiger charge is -2.29. The number of hydrogen-bond acceptors (Lipinski definition) is 2. The van der Waals surface area contributed by atoms with Crippen LogP contribution in [0.4, 0.5) is 0 Å². The van der Waals surface area contributed by atoms with Crippen LogP contribution >= 0.6 is 0 Å². The Morgan fingerprint density at radius 3 is 1.82 bits per heavy atom. The maximum Gasteiger partial charge on any atom is 0.244 e. The molecule has 1 aliphatic carbocycles. The van der Waals surface area contributed by atoms with Crippen LogP contribution in [0.15, 0.2) is 48.5 Å². The molecule has 0 radical (unpaired) electrons. The number of fused-ring (bicyclic) bond motifs is 4. The predicted molar refractivity (Wildman–Crippen MR) is 83.5 cm³/mol. The molecule has 0 N–H and O–H groups in total. The molecule has 3 nitrogen and oxygen atoms in total. The first-order valence-corrected chi connectivity index (χ1v) is 7.62. The van der Waals surface area contributed by atoms with Crippen LogP contribution in [0, 0.1) is 0 Å². The highest BCUT2D eigenvalue weighted by Crippen LogP contribution is 2.46. The van der Waals surface area contributed by atoms with Gasteiger partial charge in [0.05, 0.1) is 0 Å². The standard InChI is InChI=1S/C19H17NO2/c1-20-17(21)12-19(18(20)22)15-8-4-2-6-13(15)10-11-14-7-3-5-9-16(14)19/h2-9H,10-12H2,1H3. The Bertz CT molecular complexity index is 746. The molecule has 1 saturated heterocycles. The van der Waals surface area contributed by atoms with Crippen molar-refractivity contribution in [2.45, 2.75) is 24.7 Å². The highest BCUT2D eigenvalue weighted by Gasteiger charge is 2.54. The molecule has 2 aromatic rings. The third kappa shape index (κ3) is 1.56. The number of benzene rings is 2. The van der Waals surface area contributed by atoms with Crippen molar-refractivity contribution in [2.75, 3.05) is 7.05 Å². The Labute approximate surface area is 129 Å². The van der Waals surface area contributed by atoms with E-state index in [4.69, 9.17) is 0 Å². The van der Waals surface area contributed by atoms with Crippen LogP contribution in [-0.2, 0) is 27.8 Å². The van der Waals surface area contributed by atoms with Crippen LogP contribution in [0.1, 0.15) is 28.7 Å². The number of carbonyl (C=O) groups excluding carboxylic acids is 2. The summed E-state index contributed by atoms with van der Waals surface area (Å²) in [6, 6.07) is 16.1. The number of likely N-dealkylation sites (N-methyl/N-ethyl adjacent to an activating group) is 1. The number of nitrogens with zero attached hydrogens (tertiary/aromatic N) is 1. The third-order valence-corrected chi connectivity index (χ3v) is 5.08. The van der Waals surface area contributed by atoms with Gasteiger partial charge in [0.25, 0.3) is 0 Å². The highest BCUT2D eigenvalue weighted by molar-refractivity contribution is 6.11. The average Bonchev–Trinajstić information content (AvgIpc) is 2.71. The van der Waals surface area contributed by atoms with Gasteiger partial charge in [-0.3, -0.25) is 14.5 Å². The van der Waals surface area contributed by atoms with Crippen LogP contribution in [-0.4, -0.2) is 23.8 Å². The molecule has 1 spiro atoms. The Kier molecular flexibility index (Phi) is 2.73. The number of imide groups is 1. The smallest absolute Gasteiger partial charge is 0.244 e. The first kappa shape index (κ1) is 13.3. The quantitative estimate of drug-likeness (QED) is 0.699. The maximum atomic E-state index is 13.1. The fourth-order valence-corrected chi connectivity index (χ4v) is 3.97. The summed E-state index contributed by atoms with van der Waals surface area (Å²) >= 11 is 0. The zero-order valence-electron chi connectivity index (χ0n) is 12.5. The molecule has 1 heterocycles. The summed E-state index contributed by atoms with van der Waals surface area (Å²) in [4.78, 5) is 26.7. The van der Waals surface area contributed by atoms with Crippen LogP contribution in [0.2, 0.25) is 0 Å². The molecule has 0 atom stereocenters. The summed E-state index contributed by atoms with van der Waals surface area (Å²) in [5.74, 6) is -0.198. The summed E-state index contributed by atoms with van der Waals surface area (Å²) in [5.41, 5.74) is 3.52. The van der Waals surface area contributed by atoms with E-state index in [0.29, 0.717) is 0 Å². The molecule has 22 heavy (non-hydrogen) atoms. The van der Waals surface area contributed by atoms with Gasteiger partial charge < -0.3 is 0 Å². The van der Waals surface area contributed by atoms with Gasteiger partial charge >= 0.3 is 0 Å². The van der Waals surface area contributed by atoms with E-state index in [9.17, 15) is 9.59 Å². The fourth-order valence-electron chi connectivity index (χ4n) is 3.97. The van der Waals surface area contributed by atoms with E-state index in [-0.39, 0.29) is 18.2 Å². The van der Waals surface area contributed by atoms with Gasteiger partial charge in [-0.15, -0.1) is 0 Å². The van der Waals surface area contributed by atoms with E-state index in [1.807, 2.05) is 36.4 Å². The highest BCUT2D eigenvalue weighted by atomic mass is 16.2. The Morgan fingerprint density at radius 1 is 0.864 bits per heavy atom. The minimum atomic E-state index is -0.838. The van der Waals surface area contributed by atoms with Gasteiger partial charge in [0.2, 0.25) is 11.8 Å². The Balaban J connectivity index is 2.09. The van der Waals surface area contributed by atoms with E-state index in [0.717, 1.165) is 24.0 Å². The maximum absolute atomic E-state index is 13.1. The zero-order chi connectivity index (χ0) is 15.3. The average molecular weight is 291 g/mol. The summed E-state index contributed by atoms with van der Waals surface area (Å²) in [5, 5.41) is 0. The van der Waals surface area contributed by atoms with Crippen LogP contribution < -0.4 is 0 Å². The molecule has 4 rings (SSSR count). The molecular formula is C19H17NO2. The topological polar surface area (TPSA) is 37.4 Å². The van der Waals surface area contributed by atoms with E-state index < -0.39 is 5.41 Å². The molecule has 2 aromatic carbocycles. The van der Waals surface area contributed by atoms with Crippen molar-refractivity contribution in [1.29, 1.82) is 0 Å². The lowest BCUT2D eigenvalue weighted by atomic mass is 9.71. The normalized spacial score (nSPS) is 19.0. The van der Waals surface area contributed by atoms with Gasteiger partial charge in [-0.2, -0.15) is 0 Å². The first-order chi connectivity index (χ1) is 10.6. The fraction of sp³-hybridized carbons (Fsp3) is 0.263. The lowest BCUT2D eigenvalue weighted by molar-refractivity contribution is -0.137. The molecule has 2 amide bonds. The number of aryl methyl sites for hydroxylation is 2. The molecule has 3 heteroatoms. The molecule has 2 aliphatic rings. The largest absolute Gasteiger partial charge is 0.285 e. The number of carbonyl (C=O) groups is 2. The van der Waals surface area contributed by atoms with Crippen molar-refractivity contribution in [3.63, 3.8) is 0 Å². The summed E-state index contributed by atoms with van der Waals surface area (Å²) < 4.78 is 0. The number of likely N-dealkylation sites (tertiary alicyclic amines) is 1.